The second-order valence-corrected chi connectivity index (χ2v) is 8.46. The van der Waals surface area contributed by atoms with Crippen LogP contribution in [0.1, 0.15) is 24.1 Å². The van der Waals surface area contributed by atoms with Crippen LogP contribution in [0, 0.1) is 23.1 Å². The first kappa shape index (κ1) is 23.2. The lowest BCUT2D eigenvalue weighted by molar-refractivity contribution is -0.120. The van der Waals surface area contributed by atoms with Crippen molar-refractivity contribution in [3.05, 3.63) is 84.0 Å². The Bertz CT molecular complexity index is 1390. The Kier molecular flexibility index (Phi) is 6.67. The van der Waals surface area contributed by atoms with Gasteiger partial charge in [-0.25, -0.2) is 4.39 Å². The highest BCUT2D eigenvalue weighted by atomic mass is 19.1. The number of rotatable bonds is 7. The molecule has 1 N–H and O–H groups in total. The van der Waals surface area contributed by atoms with E-state index in [2.05, 4.69) is 16.4 Å². The van der Waals surface area contributed by atoms with Crippen LogP contribution in [0.4, 0.5) is 16.0 Å². The molecule has 1 fully saturated rings. The van der Waals surface area contributed by atoms with E-state index in [1.54, 1.807) is 48.5 Å². The first-order valence-corrected chi connectivity index (χ1v) is 11.6. The van der Waals surface area contributed by atoms with Crippen LogP contribution in [0.3, 0.4) is 0 Å². The molecular formula is C27H23FN4O4. The molecule has 0 aliphatic carbocycles. The number of nitriles is 1. The molecule has 5 rings (SSSR count). The van der Waals surface area contributed by atoms with Gasteiger partial charge in [-0.15, -0.1) is 0 Å². The number of nitrogens with zero attached hydrogens (tertiary/aromatic N) is 3. The molecule has 8 nitrogen and oxygen atoms in total. The molecule has 36 heavy (non-hydrogen) atoms. The molecule has 182 valence electrons. The van der Waals surface area contributed by atoms with Gasteiger partial charge < -0.3 is 23.8 Å². The lowest BCUT2D eigenvalue weighted by atomic mass is 9.96. The van der Waals surface area contributed by atoms with Gasteiger partial charge in [0.05, 0.1) is 6.26 Å². The fourth-order valence-corrected chi connectivity index (χ4v) is 4.15. The summed E-state index contributed by atoms with van der Waals surface area (Å²) in [6.07, 6.45) is 2.72. The first-order chi connectivity index (χ1) is 17.6. The summed E-state index contributed by atoms with van der Waals surface area (Å²) < 4.78 is 30.3. The SMILES string of the molecule is N#Cc1nc(-c2ccco2)oc1N1CCC(C(=O)Nc2cccc(OCc3cccc(F)c3)c2)CC1. The molecule has 3 heterocycles. The monoisotopic (exact) mass is 486 g/mol. The Morgan fingerprint density at radius 1 is 1.17 bits per heavy atom. The third kappa shape index (κ3) is 5.23. The van der Waals surface area contributed by atoms with Crippen molar-refractivity contribution < 1.29 is 22.8 Å². The predicted octanol–water partition coefficient (Wildman–Crippen LogP) is 5.38. The standard InChI is InChI=1S/C27H23FN4O4/c28-20-5-1-4-18(14-20)17-35-22-7-2-6-21(15-22)30-25(33)19-9-11-32(12-10-19)27-23(16-29)31-26(36-27)24-8-3-13-34-24/h1-8,13-15,19H,9-12,17H2,(H,30,33). The van der Waals surface area contributed by atoms with Gasteiger partial charge in [-0.3, -0.25) is 4.79 Å². The van der Waals surface area contributed by atoms with Gasteiger partial charge in [0, 0.05) is 30.8 Å². The van der Waals surface area contributed by atoms with Crippen molar-refractivity contribution in [2.75, 3.05) is 23.3 Å². The molecule has 0 saturated carbocycles. The maximum atomic E-state index is 13.4. The maximum Gasteiger partial charge on any atom is 0.266 e. The lowest BCUT2D eigenvalue weighted by Crippen LogP contribution is -2.38. The van der Waals surface area contributed by atoms with Crippen LogP contribution < -0.4 is 15.0 Å². The average Bonchev–Trinajstić information content (AvgIpc) is 3.58. The number of amides is 1. The van der Waals surface area contributed by atoms with Gasteiger partial charge in [0.25, 0.3) is 5.89 Å². The number of oxazole rings is 1. The van der Waals surface area contributed by atoms with Crippen molar-refractivity contribution in [1.29, 1.82) is 5.26 Å². The third-order valence-corrected chi connectivity index (χ3v) is 6.00. The number of ether oxygens (including phenoxy) is 1. The summed E-state index contributed by atoms with van der Waals surface area (Å²) >= 11 is 0. The molecule has 0 radical (unpaired) electrons. The van der Waals surface area contributed by atoms with Crippen LogP contribution in [0.25, 0.3) is 11.7 Å². The number of furan rings is 1. The predicted molar refractivity (Wildman–Crippen MR) is 130 cm³/mol. The fraction of sp³-hybridized carbons (Fsp3) is 0.222. The number of piperidine rings is 1. The summed E-state index contributed by atoms with van der Waals surface area (Å²) in [5.41, 5.74) is 1.54. The second kappa shape index (κ2) is 10.4. The van der Waals surface area contributed by atoms with E-state index in [4.69, 9.17) is 13.6 Å². The molecule has 2 aromatic heterocycles. The molecule has 2 aromatic carbocycles. The number of anilines is 2. The van der Waals surface area contributed by atoms with E-state index in [0.717, 1.165) is 5.56 Å². The minimum absolute atomic E-state index is 0.0775. The Morgan fingerprint density at radius 3 is 2.75 bits per heavy atom. The molecule has 0 bridgehead atoms. The Labute approximate surface area is 206 Å². The number of carbonyl (C=O) groups excluding carboxylic acids is 1. The largest absolute Gasteiger partial charge is 0.489 e. The molecule has 0 atom stereocenters. The second-order valence-electron chi connectivity index (χ2n) is 8.46. The minimum Gasteiger partial charge on any atom is -0.489 e. The van der Waals surface area contributed by atoms with E-state index in [0.29, 0.717) is 49.0 Å². The molecule has 1 aliphatic rings. The van der Waals surface area contributed by atoms with Crippen LogP contribution in [-0.2, 0) is 11.4 Å². The van der Waals surface area contributed by atoms with Crippen molar-refractivity contribution in [3.63, 3.8) is 0 Å². The topological polar surface area (TPSA) is 105 Å². The Morgan fingerprint density at radius 2 is 2.00 bits per heavy atom. The molecular weight excluding hydrogens is 463 g/mol. The van der Waals surface area contributed by atoms with E-state index in [1.165, 1.54) is 18.4 Å². The van der Waals surface area contributed by atoms with E-state index >= 15 is 0 Å². The molecule has 1 aliphatic heterocycles. The number of aromatic nitrogens is 1. The van der Waals surface area contributed by atoms with Crippen LogP contribution in [-0.4, -0.2) is 24.0 Å². The number of hydrogen-bond acceptors (Lipinski definition) is 7. The molecule has 1 saturated heterocycles. The van der Waals surface area contributed by atoms with Gasteiger partial charge in [0.15, 0.2) is 5.76 Å². The molecule has 9 heteroatoms. The van der Waals surface area contributed by atoms with Crippen LogP contribution in [0.5, 0.6) is 5.75 Å². The summed E-state index contributed by atoms with van der Waals surface area (Å²) in [5.74, 6) is 1.11. The van der Waals surface area contributed by atoms with E-state index in [9.17, 15) is 14.4 Å². The van der Waals surface area contributed by atoms with Crippen LogP contribution in [0.2, 0.25) is 0 Å². The third-order valence-electron chi connectivity index (χ3n) is 6.00. The minimum atomic E-state index is -0.312. The van der Waals surface area contributed by atoms with Crippen LogP contribution in [0.15, 0.2) is 75.8 Å². The normalized spacial score (nSPS) is 13.8. The maximum absolute atomic E-state index is 13.4. The van der Waals surface area contributed by atoms with Crippen LogP contribution >= 0.6 is 0 Å². The van der Waals surface area contributed by atoms with Crippen molar-refractivity contribution in [1.82, 2.24) is 4.98 Å². The zero-order chi connectivity index (χ0) is 24.9. The van der Waals surface area contributed by atoms with Crippen molar-refractivity contribution in [2.24, 2.45) is 5.92 Å². The Hall–Kier alpha value is -4.58. The number of benzene rings is 2. The summed E-state index contributed by atoms with van der Waals surface area (Å²) in [6, 6.07) is 18.9. The Balaban J connectivity index is 1.17. The molecule has 0 spiro atoms. The highest BCUT2D eigenvalue weighted by molar-refractivity contribution is 5.92. The average molecular weight is 487 g/mol. The zero-order valence-electron chi connectivity index (χ0n) is 19.3. The van der Waals surface area contributed by atoms with E-state index < -0.39 is 0 Å². The lowest BCUT2D eigenvalue weighted by Gasteiger charge is -2.31. The van der Waals surface area contributed by atoms with E-state index in [1.807, 2.05) is 4.90 Å². The van der Waals surface area contributed by atoms with Crippen molar-refractivity contribution in [2.45, 2.75) is 19.4 Å². The zero-order valence-corrected chi connectivity index (χ0v) is 19.3. The molecule has 1 amide bonds. The summed E-state index contributed by atoms with van der Waals surface area (Å²) in [6.45, 7) is 1.33. The highest BCUT2D eigenvalue weighted by Crippen LogP contribution is 2.31. The fourth-order valence-electron chi connectivity index (χ4n) is 4.15. The van der Waals surface area contributed by atoms with Gasteiger partial charge >= 0.3 is 0 Å². The number of halogens is 1. The van der Waals surface area contributed by atoms with Gasteiger partial charge in [-0.05, 0) is 54.8 Å². The van der Waals surface area contributed by atoms with Crippen molar-refractivity contribution in [3.8, 4) is 23.5 Å². The van der Waals surface area contributed by atoms with Gasteiger partial charge in [-0.1, -0.05) is 18.2 Å². The number of nitrogens with one attached hydrogen (secondary N) is 1. The quantitative estimate of drug-likeness (QED) is 0.374. The number of hydrogen-bond donors (Lipinski definition) is 1. The first-order valence-electron chi connectivity index (χ1n) is 11.6. The van der Waals surface area contributed by atoms with Gasteiger partial charge in [-0.2, -0.15) is 10.2 Å². The summed E-state index contributed by atoms with van der Waals surface area (Å²) in [5, 5.41) is 12.4. The summed E-state index contributed by atoms with van der Waals surface area (Å²) in [4.78, 5) is 19.1. The smallest absolute Gasteiger partial charge is 0.266 e. The molecule has 4 aromatic rings. The van der Waals surface area contributed by atoms with E-state index in [-0.39, 0.29) is 35.8 Å². The highest BCUT2D eigenvalue weighted by Gasteiger charge is 2.29. The molecule has 0 unspecified atom stereocenters. The van der Waals surface area contributed by atoms with Gasteiger partial charge in [0.2, 0.25) is 17.5 Å². The number of carbonyl (C=O) groups is 1. The summed E-state index contributed by atoms with van der Waals surface area (Å²) in [7, 11) is 0. The van der Waals surface area contributed by atoms with Crippen molar-refractivity contribution >= 4 is 17.5 Å². The van der Waals surface area contributed by atoms with Gasteiger partial charge in [0.1, 0.15) is 24.2 Å².